The van der Waals surface area contributed by atoms with E-state index in [1.165, 1.54) is 19.1 Å². The molecule has 0 aliphatic heterocycles. The Bertz CT molecular complexity index is 484. The first kappa shape index (κ1) is 15.8. The number of carbonyl (C=O) groups excluding carboxylic acids is 2. The topological polar surface area (TPSA) is 64.6 Å². The van der Waals surface area contributed by atoms with Gasteiger partial charge in [0.15, 0.2) is 6.10 Å². The van der Waals surface area contributed by atoms with Crippen molar-refractivity contribution in [3.63, 3.8) is 0 Å². The molecule has 1 N–H and O–H groups in total. The van der Waals surface area contributed by atoms with Crippen LogP contribution in [0.1, 0.15) is 13.8 Å². The van der Waals surface area contributed by atoms with Gasteiger partial charge in [0.2, 0.25) is 0 Å². The first-order valence-corrected chi connectivity index (χ1v) is 5.51. The molecule has 0 fully saturated rings. The van der Waals surface area contributed by atoms with E-state index < -0.39 is 30.1 Å². The van der Waals surface area contributed by atoms with Gasteiger partial charge in [0, 0.05) is 12.6 Å². The second-order valence-electron chi connectivity index (χ2n) is 3.81. The van der Waals surface area contributed by atoms with Gasteiger partial charge < -0.3 is 14.8 Å². The molecule has 0 saturated heterocycles. The molecular formula is C12H12F3NO4. The van der Waals surface area contributed by atoms with Crippen LogP contribution >= 0.6 is 0 Å². The number of hydrogen-bond donors (Lipinski definition) is 1. The Hall–Kier alpha value is -2.25. The lowest BCUT2D eigenvalue weighted by Gasteiger charge is -2.13. The number of alkyl halides is 3. The van der Waals surface area contributed by atoms with Gasteiger partial charge in [-0.15, -0.1) is 13.2 Å². The van der Waals surface area contributed by atoms with E-state index in [0.29, 0.717) is 0 Å². The maximum atomic E-state index is 11.9. The lowest BCUT2D eigenvalue weighted by Crippen LogP contribution is -2.29. The Morgan fingerprint density at radius 2 is 1.75 bits per heavy atom. The second-order valence-corrected chi connectivity index (χ2v) is 3.81. The number of halogens is 3. The number of carbonyl (C=O) groups is 2. The molecule has 0 heterocycles. The van der Waals surface area contributed by atoms with Crippen LogP contribution in [0, 0.1) is 0 Å². The predicted octanol–water partition coefficient (Wildman–Crippen LogP) is 2.48. The lowest BCUT2D eigenvalue weighted by molar-refractivity contribution is -0.274. The van der Waals surface area contributed by atoms with Crippen molar-refractivity contribution in [1.29, 1.82) is 0 Å². The molecule has 5 nitrogen and oxygen atoms in total. The van der Waals surface area contributed by atoms with Gasteiger partial charge in [-0.3, -0.25) is 9.59 Å². The molecule has 1 rings (SSSR count). The molecule has 0 radical (unpaired) electrons. The molecule has 110 valence electrons. The van der Waals surface area contributed by atoms with Crippen LogP contribution in [0.2, 0.25) is 0 Å². The van der Waals surface area contributed by atoms with Gasteiger partial charge in [0.1, 0.15) is 5.75 Å². The highest BCUT2D eigenvalue weighted by Crippen LogP contribution is 2.23. The van der Waals surface area contributed by atoms with Crippen LogP contribution in [0.3, 0.4) is 0 Å². The Morgan fingerprint density at radius 1 is 1.20 bits per heavy atom. The molecule has 0 aromatic heterocycles. The van der Waals surface area contributed by atoms with E-state index in [-0.39, 0.29) is 5.69 Å². The third kappa shape index (κ3) is 5.59. The number of hydrogen-bond acceptors (Lipinski definition) is 4. The van der Waals surface area contributed by atoms with E-state index >= 15 is 0 Å². The van der Waals surface area contributed by atoms with Crippen LogP contribution < -0.4 is 10.1 Å². The summed E-state index contributed by atoms with van der Waals surface area (Å²) in [6, 6.07) is 4.58. The number of anilines is 1. The van der Waals surface area contributed by atoms with Gasteiger partial charge in [-0.1, -0.05) is 0 Å². The van der Waals surface area contributed by atoms with Crippen molar-refractivity contribution in [3.05, 3.63) is 24.3 Å². The maximum Gasteiger partial charge on any atom is 0.573 e. The standard InChI is InChI=1S/C12H12F3NO4/c1-7(19-8(2)17)11(18)16-9-3-5-10(6-4-9)20-12(13,14)15/h3-7H,1-2H3,(H,16,18)/t7-/m1/s1. The average Bonchev–Trinajstić information content (AvgIpc) is 2.28. The zero-order valence-corrected chi connectivity index (χ0v) is 10.7. The Morgan fingerprint density at radius 3 is 2.20 bits per heavy atom. The van der Waals surface area contributed by atoms with Crippen LogP contribution in [0.5, 0.6) is 5.75 Å². The highest BCUT2D eigenvalue weighted by atomic mass is 19.4. The van der Waals surface area contributed by atoms with Gasteiger partial charge in [-0.05, 0) is 31.2 Å². The largest absolute Gasteiger partial charge is 0.573 e. The van der Waals surface area contributed by atoms with E-state index in [9.17, 15) is 22.8 Å². The van der Waals surface area contributed by atoms with Gasteiger partial charge in [0.25, 0.3) is 5.91 Å². The third-order valence-corrected chi connectivity index (χ3v) is 2.07. The fourth-order valence-corrected chi connectivity index (χ4v) is 1.29. The minimum absolute atomic E-state index is 0.253. The van der Waals surface area contributed by atoms with Crippen molar-refractivity contribution in [2.75, 3.05) is 5.32 Å². The van der Waals surface area contributed by atoms with E-state index in [1.54, 1.807) is 0 Å². The number of rotatable bonds is 4. The fourth-order valence-electron chi connectivity index (χ4n) is 1.29. The molecule has 8 heteroatoms. The number of ether oxygens (including phenoxy) is 2. The Kier molecular flexibility index (Phi) is 4.95. The van der Waals surface area contributed by atoms with E-state index in [4.69, 9.17) is 0 Å². The second kappa shape index (κ2) is 6.27. The summed E-state index contributed by atoms with van der Waals surface area (Å²) >= 11 is 0. The quantitative estimate of drug-likeness (QED) is 0.866. The van der Waals surface area contributed by atoms with Gasteiger partial charge in [-0.2, -0.15) is 0 Å². The maximum absolute atomic E-state index is 11.9. The number of amides is 1. The molecule has 0 spiro atoms. The molecule has 0 saturated carbocycles. The molecule has 0 bridgehead atoms. The minimum atomic E-state index is -4.77. The molecule has 1 atom stereocenters. The molecule has 20 heavy (non-hydrogen) atoms. The van der Waals surface area contributed by atoms with Crippen LogP contribution in [-0.4, -0.2) is 24.3 Å². The van der Waals surface area contributed by atoms with Crippen LogP contribution in [-0.2, 0) is 14.3 Å². The Balaban J connectivity index is 2.61. The summed E-state index contributed by atoms with van der Waals surface area (Å²) in [7, 11) is 0. The van der Waals surface area contributed by atoms with Crippen molar-refractivity contribution >= 4 is 17.6 Å². The molecule has 0 aliphatic carbocycles. The fraction of sp³-hybridized carbons (Fsp3) is 0.333. The van der Waals surface area contributed by atoms with Crippen molar-refractivity contribution < 1.29 is 32.2 Å². The predicted molar refractivity (Wildman–Crippen MR) is 63.0 cm³/mol. The van der Waals surface area contributed by atoms with E-state index in [2.05, 4.69) is 14.8 Å². The SMILES string of the molecule is CC(=O)O[C@H](C)C(=O)Nc1ccc(OC(F)(F)F)cc1. The van der Waals surface area contributed by atoms with Crippen molar-refractivity contribution in [2.24, 2.45) is 0 Å². The zero-order chi connectivity index (χ0) is 15.3. The number of esters is 1. The third-order valence-electron chi connectivity index (χ3n) is 2.07. The monoisotopic (exact) mass is 291 g/mol. The van der Waals surface area contributed by atoms with Gasteiger partial charge in [0.05, 0.1) is 0 Å². The summed E-state index contributed by atoms with van der Waals surface area (Å²) in [4.78, 5) is 22.2. The smallest absolute Gasteiger partial charge is 0.453 e. The van der Waals surface area contributed by atoms with E-state index in [0.717, 1.165) is 19.1 Å². The molecular weight excluding hydrogens is 279 g/mol. The van der Waals surface area contributed by atoms with Crippen molar-refractivity contribution in [3.8, 4) is 5.75 Å². The highest BCUT2D eigenvalue weighted by molar-refractivity contribution is 5.94. The molecule has 1 aromatic carbocycles. The highest BCUT2D eigenvalue weighted by Gasteiger charge is 2.31. The summed E-state index contributed by atoms with van der Waals surface area (Å²) < 4.78 is 44.1. The lowest BCUT2D eigenvalue weighted by atomic mass is 10.3. The summed E-state index contributed by atoms with van der Waals surface area (Å²) in [5.41, 5.74) is 0.253. The summed E-state index contributed by atoms with van der Waals surface area (Å²) in [6.07, 6.45) is -5.77. The van der Waals surface area contributed by atoms with Gasteiger partial charge >= 0.3 is 12.3 Å². The zero-order valence-electron chi connectivity index (χ0n) is 10.7. The van der Waals surface area contributed by atoms with E-state index in [1.807, 2.05) is 0 Å². The van der Waals surface area contributed by atoms with Crippen molar-refractivity contribution in [2.45, 2.75) is 26.3 Å². The Labute approximate surface area is 112 Å². The first-order chi connectivity index (χ1) is 9.17. The normalized spacial score (nSPS) is 12.4. The number of benzene rings is 1. The van der Waals surface area contributed by atoms with Crippen LogP contribution in [0.25, 0.3) is 0 Å². The molecule has 0 aliphatic rings. The van der Waals surface area contributed by atoms with Crippen molar-refractivity contribution in [1.82, 2.24) is 0 Å². The van der Waals surface area contributed by atoms with Crippen LogP contribution in [0.15, 0.2) is 24.3 Å². The molecule has 1 amide bonds. The van der Waals surface area contributed by atoms with Gasteiger partial charge in [-0.25, -0.2) is 0 Å². The summed E-state index contributed by atoms with van der Waals surface area (Å²) in [5.74, 6) is -1.60. The first-order valence-electron chi connectivity index (χ1n) is 5.51. The summed E-state index contributed by atoms with van der Waals surface area (Å²) in [6.45, 7) is 2.53. The average molecular weight is 291 g/mol. The molecule has 0 unspecified atom stereocenters. The minimum Gasteiger partial charge on any atom is -0.453 e. The van der Waals surface area contributed by atoms with Crippen LogP contribution in [0.4, 0.5) is 18.9 Å². The summed E-state index contributed by atoms with van der Waals surface area (Å²) in [5, 5.41) is 2.38. The molecule has 1 aromatic rings. The number of nitrogens with one attached hydrogen (secondary N) is 1.